The van der Waals surface area contributed by atoms with E-state index in [2.05, 4.69) is 21.2 Å². The van der Waals surface area contributed by atoms with Gasteiger partial charge >= 0.3 is 0 Å². The normalized spacial score (nSPS) is 12.2. The van der Waals surface area contributed by atoms with Crippen LogP contribution in [0.2, 0.25) is 5.02 Å². The van der Waals surface area contributed by atoms with Crippen LogP contribution in [0.25, 0.3) is 0 Å². The Labute approximate surface area is 127 Å². The number of rotatable bonds is 4. The van der Waals surface area contributed by atoms with E-state index in [1.807, 2.05) is 49.4 Å². The van der Waals surface area contributed by atoms with E-state index in [1.54, 1.807) is 0 Å². The van der Waals surface area contributed by atoms with Crippen molar-refractivity contribution in [2.24, 2.45) is 5.73 Å². The first-order valence-corrected chi connectivity index (χ1v) is 7.25. The molecule has 0 saturated heterocycles. The maximum Gasteiger partial charge on any atom is 0.0638 e. The quantitative estimate of drug-likeness (QED) is 0.859. The largest absolute Gasteiger partial charge is 0.377 e. The summed E-state index contributed by atoms with van der Waals surface area (Å²) in [6.07, 6.45) is 0. The molecule has 0 saturated carbocycles. The maximum atomic E-state index is 5.99. The molecule has 0 bridgehead atoms. The van der Waals surface area contributed by atoms with Gasteiger partial charge in [-0.05, 0) is 54.4 Å². The van der Waals surface area contributed by atoms with Gasteiger partial charge in [-0.25, -0.2) is 0 Å². The SMILES string of the molecule is Cc1cc(Cl)ccc1C(CN)Nc1ccc(Br)cc1. The number of anilines is 1. The highest BCUT2D eigenvalue weighted by Crippen LogP contribution is 2.25. The fourth-order valence-electron chi connectivity index (χ4n) is 2.04. The molecule has 0 amide bonds. The van der Waals surface area contributed by atoms with Crippen LogP contribution in [0.4, 0.5) is 5.69 Å². The second-order valence-corrected chi connectivity index (χ2v) is 5.79. The second-order valence-electron chi connectivity index (χ2n) is 4.44. The molecular formula is C15H16BrClN2. The first-order chi connectivity index (χ1) is 9.10. The van der Waals surface area contributed by atoms with Crippen molar-refractivity contribution in [1.82, 2.24) is 0 Å². The highest BCUT2D eigenvalue weighted by molar-refractivity contribution is 9.10. The van der Waals surface area contributed by atoms with Crippen LogP contribution in [-0.4, -0.2) is 6.54 Å². The molecule has 19 heavy (non-hydrogen) atoms. The van der Waals surface area contributed by atoms with Crippen LogP contribution < -0.4 is 11.1 Å². The highest BCUT2D eigenvalue weighted by atomic mass is 79.9. The van der Waals surface area contributed by atoms with Crippen molar-refractivity contribution in [2.75, 3.05) is 11.9 Å². The monoisotopic (exact) mass is 338 g/mol. The average molecular weight is 340 g/mol. The van der Waals surface area contributed by atoms with Crippen molar-refractivity contribution >= 4 is 33.2 Å². The van der Waals surface area contributed by atoms with Crippen molar-refractivity contribution in [1.29, 1.82) is 0 Å². The molecule has 3 N–H and O–H groups in total. The van der Waals surface area contributed by atoms with E-state index >= 15 is 0 Å². The van der Waals surface area contributed by atoms with Gasteiger partial charge in [0.05, 0.1) is 6.04 Å². The van der Waals surface area contributed by atoms with Gasteiger partial charge < -0.3 is 11.1 Å². The number of nitrogens with one attached hydrogen (secondary N) is 1. The van der Waals surface area contributed by atoms with Gasteiger partial charge in [-0.2, -0.15) is 0 Å². The Bertz CT molecular complexity index is 555. The van der Waals surface area contributed by atoms with Crippen LogP contribution in [0.15, 0.2) is 46.9 Å². The van der Waals surface area contributed by atoms with Crippen LogP contribution in [-0.2, 0) is 0 Å². The fraction of sp³-hybridized carbons (Fsp3) is 0.200. The molecule has 2 rings (SSSR count). The van der Waals surface area contributed by atoms with Gasteiger partial charge in [-0.3, -0.25) is 0 Å². The minimum Gasteiger partial charge on any atom is -0.377 e. The maximum absolute atomic E-state index is 5.99. The molecule has 1 atom stereocenters. The lowest BCUT2D eigenvalue weighted by Gasteiger charge is -2.20. The molecule has 0 spiro atoms. The van der Waals surface area contributed by atoms with Gasteiger partial charge in [-0.15, -0.1) is 0 Å². The summed E-state index contributed by atoms with van der Waals surface area (Å²) < 4.78 is 1.06. The topological polar surface area (TPSA) is 38.0 Å². The van der Waals surface area contributed by atoms with E-state index in [-0.39, 0.29) is 6.04 Å². The highest BCUT2D eigenvalue weighted by Gasteiger charge is 2.12. The van der Waals surface area contributed by atoms with Gasteiger partial charge in [-0.1, -0.05) is 33.6 Å². The van der Waals surface area contributed by atoms with Gasteiger partial charge in [0.15, 0.2) is 0 Å². The molecule has 2 nitrogen and oxygen atoms in total. The molecule has 2 aromatic carbocycles. The molecule has 2 aromatic rings. The van der Waals surface area contributed by atoms with Gasteiger partial charge in [0.25, 0.3) is 0 Å². The molecule has 0 radical (unpaired) electrons. The van der Waals surface area contributed by atoms with Crippen molar-refractivity contribution in [2.45, 2.75) is 13.0 Å². The lowest BCUT2D eigenvalue weighted by molar-refractivity contribution is 0.783. The number of nitrogens with two attached hydrogens (primary N) is 1. The van der Waals surface area contributed by atoms with Crippen LogP contribution in [0.3, 0.4) is 0 Å². The predicted molar refractivity (Wildman–Crippen MR) is 85.7 cm³/mol. The summed E-state index contributed by atoms with van der Waals surface area (Å²) in [5.74, 6) is 0. The van der Waals surface area contributed by atoms with Gasteiger partial charge in [0.1, 0.15) is 0 Å². The first kappa shape index (κ1) is 14.4. The number of halogens is 2. The Balaban J connectivity index is 2.22. The molecule has 0 heterocycles. The predicted octanol–water partition coefficient (Wildman–Crippen LogP) is 4.52. The summed E-state index contributed by atoms with van der Waals surface area (Å²) in [5, 5.41) is 4.19. The van der Waals surface area contributed by atoms with Crippen molar-refractivity contribution < 1.29 is 0 Å². The first-order valence-electron chi connectivity index (χ1n) is 6.08. The van der Waals surface area contributed by atoms with Crippen LogP contribution in [0.5, 0.6) is 0 Å². The van der Waals surface area contributed by atoms with Crippen molar-refractivity contribution in [3.8, 4) is 0 Å². The molecular weight excluding hydrogens is 324 g/mol. The van der Waals surface area contributed by atoms with E-state index < -0.39 is 0 Å². The van der Waals surface area contributed by atoms with Crippen LogP contribution in [0, 0.1) is 6.92 Å². The number of hydrogen-bond acceptors (Lipinski definition) is 2. The fourth-order valence-corrected chi connectivity index (χ4v) is 2.53. The van der Waals surface area contributed by atoms with E-state index in [1.165, 1.54) is 5.56 Å². The summed E-state index contributed by atoms with van der Waals surface area (Å²) in [7, 11) is 0. The third-order valence-corrected chi connectivity index (χ3v) is 3.79. The minimum atomic E-state index is 0.0819. The van der Waals surface area contributed by atoms with Crippen LogP contribution >= 0.6 is 27.5 Å². The minimum absolute atomic E-state index is 0.0819. The Hall–Kier alpha value is -1.03. The summed E-state index contributed by atoms with van der Waals surface area (Å²) >= 11 is 9.41. The second kappa shape index (κ2) is 6.42. The Kier molecular flexibility index (Phi) is 4.86. The lowest BCUT2D eigenvalue weighted by atomic mass is 10.0. The lowest BCUT2D eigenvalue weighted by Crippen LogP contribution is -2.21. The Morgan fingerprint density at radius 2 is 1.89 bits per heavy atom. The molecule has 0 aliphatic carbocycles. The Morgan fingerprint density at radius 1 is 1.21 bits per heavy atom. The molecule has 4 heteroatoms. The third kappa shape index (κ3) is 3.72. The van der Waals surface area contributed by atoms with E-state index in [4.69, 9.17) is 17.3 Å². The van der Waals surface area contributed by atoms with E-state index in [9.17, 15) is 0 Å². The number of aryl methyl sites for hydroxylation is 1. The zero-order valence-corrected chi connectivity index (χ0v) is 13.0. The average Bonchev–Trinajstić information content (AvgIpc) is 2.39. The molecule has 1 unspecified atom stereocenters. The van der Waals surface area contributed by atoms with E-state index in [0.29, 0.717) is 6.54 Å². The summed E-state index contributed by atoms with van der Waals surface area (Å²) in [4.78, 5) is 0. The Morgan fingerprint density at radius 3 is 2.47 bits per heavy atom. The standard InChI is InChI=1S/C15H16BrClN2/c1-10-8-12(17)4-7-14(10)15(9-18)19-13-5-2-11(16)3-6-13/h2-8,15,19H,9,18H2,1H3. The number of benzene rings is 2. The zero-order chi connectivity index (χ0) is 13.8. The zero-order valence-electron chi connectivity index (χ0n) is 10.7. The molecule has 0 aliphatic rings. The van der Waals surface area contributed by atoms with Crippen molar-refractivity contribution in [3.05, 3.63) is 63.1 Å². The third-order valence-electron chi connectivity index (χ3n) is 3.03. The number of hydrogen-bond donors (Lipinski definition) is 2. The molecule has 0 aromatic heterocycles. The summed E-state index contributed by atoms with van der Waals surface area (Å²) in [6, 6.07) is 14.0. The van der Waals surface area contributed by atoms with Crippen molar-refractivity contribution in [3.63, 3.8) is 0 Å². The van der Waals surface area contributed by atoms with Gasteiger partial charge in [0, 0.05) is 21.7 Å². The molecule has 100 valence electrons. The van der Waals surface area contributed by atoms with E-state index in [0.717, 1.165) is 20.7 Å². The van der Waals surface area contributed by atoms with Gasteiger partial charge in [0.2, 0.25) is 0 Å². The molecule has 0 aliphatic heterocycles. The van der Waals surface area contributed by atoms with Crippen LogP contribution in [0.1, 0.15) is 17.2 Å². The summed E-state index contributed by atoms with van der Waals surface area (Å²) in [6.45, 7) is 2.58. The smallest absolute Gasteiger partial charge is 0.0638 e. The molecule has 0 fully saturated rings. The summed E-state index contributed by atoms with van der Waals surface area (Å²) in [5.41, 5.74) is 9.26.